The van der Waals surface area contributed by atoms with Gasteiger partial charge < -0.3 is 4.90 Å². The fourth-order valence-electron chi connectivity index (χ4n) is 2.52. The average Bonchev–Trinajstić information content (AvgIpc) is 2.76. The maximum atomic E-state index is 12.4. The van der Waals surface area contributed by atoms with Crippen molar-refractivity contribution in [1.82, 2.24) is 4.90 Å². The highest BCUT2D eigenvalue weighted by Crippen LogP contribution is 2.31. The zero-order valence-corrected chi connectivity index (χ0v) is 14.2. The fourth-order valence-corrected chi connectivity index (χ4v) is 4.82. The lowest BCUT2D eigenvalue weighted by molar-refractivity contribution is -0.135. The second kappa shape index (κ2) is 6.15. The first-order chi connectivity index (χ1) is 9.71. The summed E-state index contributed by atoms with van der Waals surface area (Å²) in [6, 6.07) is 4.89. The van der Waals surface area contributed by atoms with Crippen LogP contribution < -0.4 is 0 Å². The summed E-state index contributed by atoms with van der Waals surface area (Å²) < 4.78 is 23.0. The zero-order valence-electron chi connectivity index (χ0n) is 11.8. The molecular weight excluding hydrogens is 333 g/mol. The van der Waals surface area contributed by atoms with E-state index < -0.39 is 15.8 Å². The molecule has 4 nitrogen and oxygen atoms in total. The lowest BCUT2D eigenvalue weighted by Crippen LogP contribution is -2.35. The number of hydrogen-bond acceptors (Lipinski definition) is 3. The largest absolute Gasteiger partial charge is 0.339 e. The summed E-state index contributed by atoms with van der Waals surface area (Å²) in [5.41, 5.74) is 0.790. The van der Waals surface area contributed by atoms with Crippen molar-refractivity contribution in [1.29, 1.82) is 0 Å². The molecule has 1 saturated heterocycles. The molecule has 0 radical (unpaired) electrons. The molecule has 1 aromatic carbocycles. The molecule has 21 heavy (non-hydrogen) atoms. The van der Waals surface area contributed by atoms with Gasteiger partial charge in [0.2, 0.25) is 5.91 Å². The van der Waals surface area contributed by atoms with E-state index in [-0.39, 0.29) is 23.5 Å². The van der Waals surface area contributed by atoms with Crippen LogP contribution in [0, 0.1) is 5.92 Å². The first-order valence-corrected chi connectivity index (χ1v) is 9.21. The monoisotopic (exact) mass is 349 g/mol. The molecule has 0 unspecified atom stereocenters. The predicted molar refractivity (Wildman–Crippen MR) is 84.4 cm³/mol. The molecule has 2 atom stereocenters. The second-order valence-corrected chi connectivity index (χ2v) is 8.46. The van der Waals surface area contributed by atoms with Gasteiger partial charge in [-0.15, -0.1) is 0 Å². The van der Waals surface area contributed by atoms with Gasteiger partial charge in [-0.2, -0.15) is 0 Å². The minimum atomic E-state index is -3.07. The van der Waals surface area contributed by atoms with E-state index in [2.05, 4.69) is 0 Å². The molecule has 0 aromatic heterocycles. The molecule has 0 bridgehead atoms. The Morgan fingerprint density at radius 2 is 2.05 bits per heavy atom. The van der Waals surface area contributed by atoms with Gasteiger partial charge in [-0.1, -0.05) is 29.3 Å². The Labute approximate surface area is 134 Å². The number of carbonyl (C=O) groups is 1. The smallest absolute Gasteiger partial charge is 0.226 e. The first kappa shape index (κ1) is 16.6. The van der Waals surface area contributed by atoms with E-state index in [1.54, 1.807) is 30.1 Å². The lowest BCUT2D eigenvalue weighted by atomic mass is 10.0. The topological polar surface area (TPSA) is 54.5 Å². The average molecular weight is 350 g/mol. The standard InChI is InChI=1S/C14H17Cl2NO3S/c1-9(12-4-3-11(15)7-13(12)16)17(2)14(18)10-5-6-21(19,20)8-10/h3-4,7,9-10H,5-6,8H2,1-2H3/t9-,10+/m1/s1. The molecule has 1 aliphatic heterocycles. The molecule has 1 aromatic rings. The maximum absolute atomic E-state index is 12.4. The van der Waals surface area contributed by atoms with Crippen LogP contribution in [0.5, 0.6) is 0 Å². The van der Waals surface area contributed by atoms with E-state index in [9.17, 15) is 13.2 Å². The summed E-state index contributed by atoms with van der Waals surface area (Å²) in [5, 5.41) is 1.03. The van der Waals surface area contributed by atoms with Crippen LogP contribution in [0.3, 0.4) is 0 Å². The van der Waals surface area contributed by atoms with E-state index in [1.165, 1.54) is 0 Å². The zero-order chi connectivity index (χ0) is 15.8. The maximum Gasteiger partial charge on any atom is 0.226 e. The SMILES string of the molecule is C[C@H](c1ccc(Cl)cc1Cl)N(C)C(=O)[C@H]1CCS(=O)(=O)C1. The molecule has 0 saturated carbocycles. The molecule has 0 aliphatic carbocycles. The van der Waals surface area contributed by atoms with Crippen molar-refractivity contribution in [3.63, 3.8) is 0 Å². The highest BCUT2D eigenvalue weighted by molar-refractivity contribution is 7.91. The molecular formula is C14H17Cl2NO3S. The summed E-state index contributed by atoms with van der Waals surface area (Å²) in [7, 11) is -1.40. The number of nitrogens with zero attached hydrogens (tertiary/aromatic N) is 1. The first-order valence-electron chi connectivity index (χ1n) is 6.63. The Morgan fingerprint density at radius 1 is 1.38 bits per heavy atom. The third-order valence-electron chi connectivity index (χ3n) is 3.92. The van der Waals surface area contributed by atoms with Gasteiger partial charge in [0, 0.05) is 17.1 Å². The van der Waals surface area contributed by atoms with Crippen molar-refractivity contribution in [3.05, 3.63) is 33.8 Å². The Kier molecular flexibility index (Phi) is 4.85. The van der Waals surface area contributed by atoms with E-state index in [1.807, 2.05) is 6.92 Å². The lowest BCUT2D eigenvalue weighted by Gasteiger charge is -2.28. The Balaban J connectivity index is 2.15. The minimum absolute atomic E-state index is 0.0583. The van der Waals surface area contributed by atoms with Crippen molar-refractivity contribution in [3.8, 4) is 0 Å². The molecule has 2 rings (SSSR count). The Bertz CT molecular complexity index is 660. The normalized spacial score (nSPS) is 22.0. The second-order valence-electron chi connectivity index (χ2n) is 5.39. The molecule has 1 heterocycles. The van der Waals surface area contributed by atoms with E-state index >= 15 is 0 Å². The van der Waals surface area contributed by atoms with Crippen molar-refractivity contribution >= 4 is 38.9 Å². The highest BCUT2D eigenvalue weighted by Gasteiger charge is 2.35. The summed E-state index contributed by atoms with van der Waals surface area (Å²) in [6.07, 6.45) is 0.395. The summed E-state index contributed by atoms with van der Waals surface area (Å²) in [6.45, 7) is 1.86. The van der Waals surface area contributed by atoms with Crippen LogP contribution in [-0.2, 0) is 14.6 Å². The number of rotatable bonds is 3. The van der Waals surface area contributed by atoms with Crippen molar-refractivity contribution in [2.45, 2.75) is 19.4 Å². The summed E-state index contributed by atoms with van der Waals surface area (Å²) >= 11 is 12.0. The van der Waals surface area contributed by atoms with E-state index in [4.69, 9.17) is 23.2 Å². The minimum Gasteiger partial charge on any atom is -0.339 e. The number of benzene rings is 1. The molecule has 0 spiro atoms. The van der Waals surface area contributed by atoms with Crippen LogP contribution in [0.4, 0.5) is 0 Å². The highest BCUT2D eigenvalue weighted by atomic mass is 35.5. The predicted octanol–water partition coefficient (Wildman–Crippen LogP) is 2.95. The van der Waals surface area contributed by atoms with E-state index in [0.717, 1.165) is 5.56 Å². The Morgan fingerprint density at radius 3 is 2.57 bits per heavy atom. The quantitative estimate of drug-likeness (QED) is 0.842. The van der Waals surface area contributed by atoms with Gasteiger partial charge in [0.15, 0.2) is 9.84 Å². The number of amides is 1. The number of carbonyl (C=O) groups excluding carboxylic acids is 1. The third kappa shape index (κ3) is 3.71. The third-order valence-corrected chi connectivity index (χ3v) is 6.25. The van der Waals surface area contributed by atoms with Gasteiger partial charge in [0.05, 0.1) is 23.5 Å². The molecule has 7 heteroatoms. The molecule has 1 fully saturated rings. The Hall–Kier alpha value is -0.780. The van der Waals surface area contributed by atoms with Crippen LogP contribution in [0.2, 0.25) is 10.0 Å². The van der Waals surface area contributed by atoms with Crippen molar-refractivity contribution < 1.29 is 13.2 Å². The van der Waals surface area contributed by atoms with Gasteiger partial charge in [0.25, 0.3) is 0 Å². The van der Waals surface area contributed by atoms with Crippen LogP contribution in [0.25, 0.3) is 0 Å². The molecule has 1 amide bonds. The number of halogens is 2. The van der Waals surface area contributed by atoms with E-state index in [0.29, 0.717) is 16.5 Å². The van der Waals surface area contributed by atoms with Gasteiger partial charge in [-0.3, -0.25) is 4.79 Å². The van der Waals surface area contributed by atoms with Gasteiger partial charge >= 0.3 is 0 Å². The molecule has 1 aliphatic rings. The van der Waals surface area contributed by atoms with Crippen molar-refractivity contribution in [2.75, 3.05) is 18.6 Å². The van der Waals surface area contributed by atoms with Gasteiger partial charge in [-0.05, 0) is 31.0 Å². The van der Waals surface area contributed by atoms with Crippen molar-refractivity contribution in [2.24, 2.45) is 5.92 Å². The van der Waals surface area contributed by atoms with Gasteiger partial charge in [0.1, 0.15) is 0 Å². The van der Waals surface area contributed by atoms with Crippen LogP contribution in [0.15, 0.2) is 18.2 Å². The number of hydrogen-bond donors (Lipinski definition) is 0. The van der Waals surface area contributed by atoms with Crippen LogP contribution in [-0.4, -0.2) is 37.8 Å². The summed E-state index contributed by atoms with van der Waals surface area (Å²) in [4.78, 5) is 14.0. The molecule has 116 valence electrons. The van der Waals surface area contributed by atoms with Crippen LogP contribution >= 0.6 is 23.2 Å². The number of sulfone groups is 1. The fraction of sp³-hybridized carbons (Fsp3) is 0.500. The summed E-state index contributed by atoms with van der Waals surface area (Å²) in [5.74, 6) is -0.576. The van der Waals surface area contributed by atoms with Crippen LogP contribution in [0.1, 0.15) is 24.9 Å². The molecule has 0 N–H and O–H groups in total. The van der Waals surface area contributed by atoms with Gasteiger partial charge in [-0.25, -0.2) is 8.42 Å².